The van der Waals surface area contributed by atoms with Crippen LogP contribution in [0.5, 0.6) is 0 Å². The largest absolute Gasteiger partial charge is 0.453 e. The minimum atomic E-state index is -4.72. The molecule has 0 atom stereocenters. The van der Waals surface area contributed by atoms with E-state index in [-0.39, 0.29) is 12.3 Å². The van der Waals surface area contributed by atoms with E-state index in [9.17, 15) is 18.0 Å². The van der Waals surface area contributed by atoms with Gasteiger partial charge in [-0.05, 0) is 11.6 Å². The van der Waals surface area contributed by atoms with E-state index in [2.05, 4.69) is 15.1 Å². The summed E-state index contributed by atoms with van der Waals surface area (Å²) in [6.07, 6.45) is -1.89. The SMILES string of the molecule is O=c1ccn(Cc2ccc(Cl)nc2)c2nc(C(F)(F)F)nn12. The van der Waals surface area contributed by atoms with Gasteiger partial charge in [0.2, 0.25) is 5.78 Å². The standard InChI is InChI=1S/C12H7ClF3N5O/c13-8-2-1-7(5-17-8)6-20-4-3-9(22)21-11(20)18-10(19-21)12(14,15)16/h1-5H,6H2. The van der Waals surface area contributed by atoms with Gasteiger partial charge in [0, 0.05) is 18.5 Å². The first kappa shape index (κ1) is 14.5. The maximum absolute atomic E-state index is 12.7. The second-order valence-corrected chi connectivity index (χ2v) is 4.80. The molecule has 10 heteroatoms. The van der Waals surface area contributed by atoms with Gasteiger partial charge in [-0.2, -0.15) is 22.7 Å². The Hall–Kier alpha value is -2.42. The monoisotopic (exact) mass is 329 g/mol. The second-order valence-electron chi connectivity index (χ2n) is 4.42. The lowest BCUT2D eigenvalue weighted by atomic mass is 10.3. The summed E-state index contributed by atoms with van der Waals surface area (Å²) in [5.74, 6) is -1.56. The molecule has 0 amide bonds. The Labute approximate surface area is 125 Å². The normalized spacial score (nSPS) is 12.0. The maximum atomic E-state index is 12.7. The number of pyridine rings is 1. The number of aromatic nitrogens is 5. The number of nitrogens with zero attached hydrogens (tertiary/aromatic N) is 5. The van der Waals surface area contributed by atoms with Crippen molar-refractivity contribution in [1.29, 1.82) is 0 Å². The van der Waals surface area contributed by atoms with Gasteiger partial charge in [0.1, 0.15) is 5.15 Å². The van der Waals surface area contributed by atoms with Gasteiger partial charge in [-0.15, -0.1) is 5.10 Å². The highest BCUT2D eigenvalue weighted by Crippen LogP contribution is 2.26. The Balaban J connectivity index is 2.10. The van der Waals surface area contributed by atoms with E-state index in [0.717, 1.165) is 6.07 Å². The summed E-state index contributed by atoms with van der Waals surface area (Å²) < 4.78 is 40.0. The van der Waals surface area contributed by atoms with Crippen molar-refractivity contribution < 1.29 is 13.2 Å². The molecule has 0 aliphatic heterocycles. The molecule has 0 aliphatic carbocycles. The Morgan fingerprint density at radius 1 is 1.23 bits per heavy atom. The van der Waals surface area contributed by atoms with Gasteiger partial charge in [0.05, 0.1) is 6.54 Å². The number of hydrogen-bond donors (Lipinski definition) is 0. The van der Waals surface area contributed by atoms with Gasteiger partial charge in [0.25, 0.3) is 11.4 Å². The number of alkyl halides is 3. The molecule has 114 valence electrons. The Bertz CT molecular complexity index is 884. The van der Waals surface area contributed by atoms with E-state index in [0.29, 0.717) is 15.2 Å². The van der Waals surface area contributed by atoms with Crippen molar-refractivity contribution in [2.45, 2.75) is 12.7 Å². The van der Waals surface area contributed by atoms with Crippen LogP contribution in [0.4, 0.5) is 13.2 Å². The zero-order valence-corrected chi connectivity index (χ0v) is 11.5. The fraction of sp³-hybridized carbons (Fsp3) is 0.167. The quantitative estimate of drug-likeness (QED) is 0.675. The van der Waals surface area contributed by atoms with Crippen LogP contribution < -0.4 is 5.56 Å². The zero-order chi connectivity index (χ0) is 15.9. The van der Waals surface area contributed by atoms with Crippen LogP contribution in [-0.2, 0) is 12.7 Å². The second kappa shape index (κ2) is 5.09. The van der Waals surface area contributed by atoms with Crippen LogP contribution in [0.1, 0.15) is 11.4 Å². The molecule has 0 N–H and O–H groups in total. The van der Waals surface area contributed by atoms with Crippen molar-refractivity contribution in [3.8, 4) is 0 Å². The van der Waals surface area contributed by atoms with E-state index in [1.807, 2.05) is 0 Å². The van der Waals surface area contributed by atoms with E-state index in [1.54, 1.807) is 12.1 Å². The molecule has 3 aromatic heterocycles. The third kappa shape index (κ3) is 2.67. The number of halogens is 4. The zero-order valence-electron chi connectivity index (χ0n) is 10.8. The lowest BCUT2D eigenvalue weighted by Gasteiger charge is -2.06. The number of hydrogen-bond acceptors (Lipinski definition) is 4. The third-order valence-electron chi connectivity index (χ3n) is 2.85. The van der Waals surface area contributed by atoms with Gasteiger partial charge in [-0.25, -0.2) is 4.98 Å². The Morgan fingerprint density at radius 3 is 2.64 bits per heavy atom. The Kier molecular flexibility index (Phi) is 3.36. The lowest BCUT2D eigenvalue weighted by molar-refractivity contribution is -0.144. The predicted molar refractivity (Wildman–Crippen MR) is 70.6 cm³/mol. The molecule has 0 saturated carbocycles. The molecule has 0 saturated heterocycles. The summed E-state index contributed by atoms with van der Waals surface area (Å²) >= 11 is 5.67. The summed E-state index contributed by atoms with van der Waals surface area (Å²) in [6, 6.07) is 4.34. The van der Waals surface area contributed by atoms with Gasteiger partial charge in [-0.3, -0.25) is 4.79 Å². The van der Waals surface area contributed by atoms with E-state index in [1.165, 1.54) is 17.0 Å². The van der Waals surface area contributed by atoms with Gasteiger partial charge < -0.3 is 4.57 Å². The van der Waals surface area contributed by atoms with Crippen molar-refractivity contribution in [1.82, 2.24) is 24.1 Å². The molecule has 22 heavy (non-hydrogen) atoms. The predicted octanol–water partition coefficient (Wildman–Crippen LogP) is 2.01. The summed E-state index contributed by atoms with van der Waals surface area (Å²) in [6.45, 7) is 0.171. The van der Waals surface area contributed by atoms with Crippen LogP contribution in [0.15, 0.2) is 35.4 Å². The average molecular weight is 330 g/mol. The molecule has 0 radical (unpaired) electrons. The Morgan fingerprint density at radius 2 is 2.00 bits per heavy atom. The first-order chi connectivity index (χ1) is 10.3. The highest BCUT2D eigenvalue weighted by molar-refractivity contribution is 6.29. The number of rotatable bonds is 2. The summed E-state index contributed by atoms with van der Waals surface area (Å²) in [5.41, 5.74) is -0.00464. The summed E-state index contributed by atoms with van der Waals surface area (Å²) in [5, 5.41) is 3.51. The van der Waals surface area contributed by atoms with Gasteiger partial charge in [0.15, 0.2) is 0 Å². The molecule has 0 spiro atoms. The van der Waals surface area contributed by atoms with Crippen LogP contribution in [0, 0.1) is 0 Å². The molecular weight excluding hydrogens is 323 g/mol. The van der Waals surface area contributed by atoms with Crippen LogP contribution in [0.3, 0.4) is 0 Å². The lowest BCUT2D eigenvalue weighted by Crippen LogP contribution is -2.18. The van der Waals surface area contributed by atoms with Crippen LogP contribution >= 0.6 is 11.6 Å². The first-order valence-electron chi connectivity index (χ1n) is 5.98. The molecule has 0 unspecified atom stereocenters. The van der Waals surface area contributed by atoms with Crippen LogP contribution in [0.25, 0.3) is 5.78 Å². The van der Waals surface area contributed by atoms with Crippen molar-refractivity contribution in [3.63, 3.8) is 0 Å². The highest BCUT2D eigenvalue weighted by atomic mass is 35.5. The van der Waals surface area contributed by atoms with Crippen molar-refractivity contribution in [3.05, 3.63) is 57.5 Å². The minimum Gasteiger partial charge on any atom is -0.312 e. The molecule has 0 bridgehead atoms. The molecule has 0 aliphatic rings. The fourth-order valence-electron chi connectivity index (χ4n) is 1.87. The third-order valence-corrected chi connectivity index (χ3v) is 3.07. The average Bonchev–Trinajstić information content (AvgIpc) is 2.90. The molecule has 0 aromatic carbocycles. The van der Waals surface area contributed by atoms with E-state index >= 15 is 0 Å². The van der Waals surface area contributed by atoms with Crippen molar-refractivity contribution in [2.24, 2.45) is 0 Å². The highest BCUT2D eigenvalue weighted by Gasteiger charge is 2.36. The number of fused-ring (bicyclic) bond motifs is 1. The molecule has 3 aromatic rings. The van der Waals surface area contributed by atoms with E-state index in [4.69, 9.17) is 11.6 Å². The summed E-state index contributed by atoms with van der Waals surface area (Å²) in [7, 11) is 0. The molecule has 6 nitrogen and oxygen atoms in total. The van der Waals surface area contributed by atoms with Crippen molar-refractivity contribution in [2.75, 3.05) is 0 Å². The topological polar surface area (TPSA) is 65.1 Å². The van der Waals surface area contributed by atoms with Crippen molar-refractivity contribution >= 4 is 17.4 Å². The molecule has 0 fully saturated rings. The smallest absolute Gasteiger partial charge is 0.312 e. The van der Waals surface area contributed by atoms with Gasteiger partial charge >= 0.3 is 6.18 Å². The fourth-order valence-corrected chi connectivity index (χ4v) is 1.98. The maximum Gasteiger partial charge on any atom is 0.453 e. The molecule has 3 rings (SSSR count). The van der Waals surface area contributed by atoms with Crippen LogP contribution in [-0.4, -0.2) is 24.1 Å². The summed E-state index contributed by atoms with van der Waals surface area (Å²) in [4.78, 5) is 18.9. The minimum absolute atomic E-state index is 0.171. The molecular formula is C12H7ClF3N5O. The van der Waals surface area contributed by atoms with E-state index < -0.39 is 17.6 Å². The molecule has 3 heterocycles. The van der Waals surface area contributed by atoms with Crippen LogP contribution in [0.2, 0.25) is 5.15 Å². The van der Waals surface area contributed by atoms with Gasteiger partial charge in [-0.1, -0.05) is 17.7 Å². The first-order valence-corrected chi connectivity index (χ1v) is 6.36.